The number of nitrogens with one attached hydrogen (secondary N) is 1. The first-order valence-corrected chi connectivity index (χ1v) is 8.46. The first-order valence-electron chi connectivity index (χ1n) is 8.46. The molecule has 0 saturated carbocycles. The van der Waals surface area contributed by atoms with Crippen molar-refractivity contribution < 1.29 is 19.1 Å². The molecule has 7 nitrogen and oxygen atoms in total. The number of anilines is 1. The summed E-state index contributed by atoms with van der Waals surface area (Å²) >= 11 is 0. The van der Waals surface area contributed by atoms with Crippen molar-refractivity contribution in [1.82, 2.24) is 9.88 Å². The first kappa shape index (κ1) is 18.4. The van der Waals surface area contributed by atoms with E-state index < -0.39 is 0 Å². The molecule has 2 amide bonds. The molecule has 1 aliphatic heterocycles. The van der Waals surface area contributed by atoms with Crippen molar-refractivity contribution in [3.8, 4) is 11.5 Å². The van der Waals surface area contributed by atoms with Gasteiger partial charge in [0.25, 0.3) is 0 Å². The molecule has 0 bridgehead atoms. The molecule has 3 rings (SSSR count). The lowest BCUT2D eigenvalue weighted by atomic mass is 10.0. The maximum absolute atomic E-state index is 12.6. The number of ether oxygens (including phenoxy) is 2. The molecule has 1 aromatic carbocycles. The molecular weight excluding hydrogens is 346 g/mol. The van der Waals surface area contributed by atoms with E-state index in [0.29, 0.717) is 17.3 Å². The second-order valence-corrected chi connectivity index (χ2v) is 6.13. The molecule has 1 aromatic heterocycles. The number of rotatable bonds is 5. The van der Waals surface area contributed by atoms with Crippen LogP contribution in [0.25, 0.3) is 6.08 Å². The number of carbonyl (C=O) groups is 2. The van der Waals surface area contributed by atoms with Gasteiger partial charge in [0.1, 0.15) is 12.4 Å². The molecule has 0 atom stereocenters. The van der Waals surface area contributed by atoms with Crippen molar-refractivity contribution in [3.63, 3.8) is 0 Å². The fourth-order valence-electron chi connectivity index (χ4n) is 2.85. The zero-order chi connectivity index (χ0) is 19.4. The summed E-state index contributed by atoms with van der Waals surface area (Å²) in [7, 11) is 3.11. The fraction of sp³-hybridized carbons (Fsp3) is 0.250. The van der Waals surface area contributed by atoms with Crippen LogP contribution in [0.2, 0.25) is 0 Å². The third-order valence-electron chi connectivity index (χ3n) is 4.21. The summed E-state index contributed by atoms with van der Waals surface area (Å²) in [5.74, 6) is 1.13. The minimum Gasteiger partial charge on any atom is -0.493 e. The number of pyridine rings is 1. The van der Waals surface area contributed by atoms with Gasteiger partial charge in [-0.25, -0.2) is 4.98 Å². The van der Waals surface area contributed by atoms with Gasteiger partial charge in [0.2, 0.25) is 11.8 Å². The number of hydrogen-bond acceptors (Lipinski definition) is 5. The van der Waals surface area contributed by atoms with Crippen molar-refractivity contribution >= 4 is 23.7 Å². The lowest BCUT2D eigenvalue weighted by Gasteiger charge is -2.16. The highest BCUT2D eigenvalue weighted by Crippen LogP contribution is 2.32. The van der Waals surface area contributed by atoms with Gasteiger partial charge in [0.15, 0.2) is 11.5 Å². The van der Waals surface area contributed by atoms with Crippen molar-refractivity contribution in [2.75, 3.05) is 26.1 Å². The van der Waals surface area contributed by atoms with E-state index in [4.69, 9.17) is 9.47 Å². The highest BCUT2D eigenvalue weighted by molar-refractivity contribution is 5.95. The van der Waals surface area contributed by atoms with E-state index in [1.165, 1.54) is 4.90 Å². The summed E-state index contributed by atoms with van der Waals surface area (Å²) in [5.41, 5.74) is 2.47. The predicted molar refractivity (Wildman–Crippen MR) is 102 cm³/mol. The number of benzene rings is 1. The van der Waals surface area contributed by atoms with E-state index in [1.54, 1.807) is 38.6 Å². The molecular formula is C20H21N3O4. The monoisotopic (exact) mass is 367 g/mol. The minimum absolute atomic E-state index is 0.0901. The van der Waals surface area contributed by atoms with Crippen LogP contribution in [-0.4, -0.2) is 42.5 Å². The molecule has 27 heavy (non-hydrogen) atoms. The standard InChI is InChI=1S/C20H21N3O4/c1-13-5-4-6-18(21-13)22-19(24)12-23-8-7-14-9-16(26-2)17(27-3)10-15(14)11-20(23)25/h4-10H,11-12H2,1-3H3,(H,21,22,24). The summed E-state index contributed by atoms with van der Waals surface area (Å²) in [5, 5.41) is 2.71. The van der Waals surface area contributed by atoms with Crippen LogP contribution in [0.5, 0.6) is 11.5 Å². The van der Waals surface area contributed by atoms with Crippen LogP contribution in [-0.2, 0) is 16.0 Å². The second kappa shape index (κ2) is 7.90. The van der Waals surface area contributed by atoms with E-state index >= 15 is 0 Å². The van der Waals surface area contributed by atoms with Gasteiger partial charge in [0.05, 0.1) is 20.6 Å². The largest absolute Gasteiger partial charge is 0.493 e. The molecule has 0 spiro atoms. The number of nitrogens with zero attached hydrogens (tertiary/aromatic N) is 2. The third-order valence-corrected chi connectivity index (χ3v) is 4.21. The number of fused-ring (bicyclic) bond motifs is 1. The summed E-state index contributed by atoms with van der Waals surface area (Å²) in [6.45, 7) is 1.75. The Balaban J connectivity index is 1.74. The summed E-state index contributed by atoms with van der Waals surface area (Å²) < 4.78 is 10.6. The number of methoxy groups -OCH3 is 2. The Morgan fingerprint density at radius 2 is 1.96 bits per heavy atom. The van der Waals surface area contributed by atoms with E-state index in [-0.39, 0.29) is 24.8 Å². The summed E-state index contributed by atoms with van der Waals surface area (Å²) in [4.78, 5) is 30.5. The van der Waals surface area contributed by atoms with E-state index in [1.807, 2.05) is 25.1 Å². The van der Waals surface area contributed by atoms with E-state index in [2.05, 4.69) is 10.3 Å². The van der Waals surface area contributed by atoms with Gasteiger partial charge in [-0.05, 0) is 48.4 Å². The van der Waals surface area contributed by atoms with Crippen LogP contribution in [0.1, 0.15) is 16.8 Å². The Hall–Kier alpha value is -3.35. The molecule has 7 heteroatoms. The predicted octanol–water partition coefficient (Wildman–Crippen LogP) is 2.40. The van der Waals surface area contributed by atoms with Gasteiger partial charge in [0, 0.05) is 11.9 Å². The van der Waals surface area contributed by atoms with Gasteiger partial charge in [-0.3, -0.25) is 9.59 Å². The van der Waals surface area contributed by atoms with Gasteiger partial charge in [-0.15, -0.1) is 0 Å². The molecule has 0 fully saturated rings. The molecule has 0 radical (unpaired) electrons. The van der Waals surface area contributed by atoms with E-state index in [0.717, 1.165) is 16.8 Å². The summed E-state index contributed by atoms with van der Waals surface area (Å²) in [6, 6.07) is 8.97. The van der Waals surface area contributed by atoms with Crippen molar-refractivity contribution in [2.45, 2.75) is 13.3 Å². The third kappa shape index (κ3) is 4.25. The van der Waals surface area contributed by atoms with Crippen LogP contribution >= 0.6 is 0 Å². The van der Waals surface area contributed by atoms with Gasteiger partial charge < -0.3 is 19.7 Å². The lowest BCUT2D eigenvalue weighted by Crippen LogP contribution is -2.34. The summed E-state index contributed by atoms with van der Waals surface area (Å²) in [6.07, 6.45) is 3.57. The number of carbonyl (C=O) groups excluding carboxylic acids is 2. The molecule has 0 unspecified atom stereocenters. The SMILES string of the molecule is COc1cc2c(cc1OC)CC(=O)N(CC(=O)Nc1cccc(C)n1)C=C2. The van der Waals surface area contributed by atoms with Crippen molar-refractivity contribution in [1.29, 1.82) is 0 Å². The van der Waals surface area contributed by atoms with Crippen LogP contribution < -0.4 is 14.8 Å². The average molecular weight is 367 g/mol. The second-order valence-electron chi connectivity index (χ2n) is 6.13. The molecule has 1 aliphatic rings. The van der Waals surface area contributed by atoms with Crippen LogP contribution in [0.3, 0.4) is 0 Å². The average Bonchev–Trinajstić information content (AvgIpc) is 2.79. The number of aryl methyl sites for hydroxylation is 1. The molecule has 2 heterocycles. The first-order chi connectivity index (χ1) is 13.0. The van der Waals surface area contributed by atoms with Gasteiger partial charge in [-0.1, -0.05) is 6.07 Å². The normalized spacial score (nSPS) is 13.0. The quantitative estimate of drug-likeness (QED) is 0.878. The molecule has 2 aromatic rings. The van der Waals surface area contributed by atoms with Crippen LogP contribution in [0.4, 0.5) is 5.82 Å². The Labute approximate surface area is 157 Å². The highest BCUT2D eigenvalue weighted by Gasteiger charge is 2.21. The topological polar surface area (TPSA) is 80.8 Å². The Morgan fingerprint density at radius 1 is 1.22 bits per heavy atom. The van der Waals surface area contributed by atoms with Gasteiger partial charge >= 0.3 is 0 Å². The maximum Gasteiger partial charge on any atom is 0.245 e. The van der Waals surface area contributed by atoms with Gasteiger partial charge in [-0.2, -0.15) is 0 Å². The Bertz CT molecular complexity index is 908. The lowest BCUT2D eigenvalue weighted by molar-refractivity contribution is -0.131. The van der Waals surface area contributed by atoms with Crippen molar-refractivity contribution in [2.24, 2.45) is 0 Å². The Kier molecular flexibility index (Phi) is 5.40. The molecule has 1 N–H and O–H groups in total. The molecule has 0 aliphatic carbocycles. The number of aromatic nitrogens is 1. The van der Waals surface area contributed by atoms with E-state index in [9.17, 15) is 9.59 Å². The smallest absolute Gasteiger partial charge is 0.245 e. The molecule has 0 saturated heterocycles. The maximum atomic E-state index is 12.6. The van der Waals surface area contributed by atoms with Crippen LogP contribution in [0.15, 0.2) is 36.5 Å². The minimum atomic E-state index is -0.313. The fourth-order valence-corrected chi connectivity index (χ4v) is 2.85. The Morgan fingerprint density at radius 3 is 2.67 bits per heavy atom. The highest BCUT2D eigenvalue weighted by atomic mass is 16.5. The molecule has 140 valence electrons. The zero-order valence-electron chi connectivity index (χ0n) is 15.5. The van der Waals surface area contributed by atoms with Crippen molar-refractivity contribution in [3.05, 3.63) is 53.4 Å². The zero-order valence-corrected chi connectivity index (χ0v) is 15.5. The van der Waals surface area contributed by atoms with Crippen LogP contribution in [0, 0.1) is 6.92 Å². The number of hydrogen-bond donors (Lipinski definition) is 1. The number of amides is 2.